The first-order chi connectivity index (χ1) is 29.8. The summed E-state index contributed by atoms with van der Waals surface area (Å²) in [6.07, 6.45) is 0. The SMILES string of the molecule is CC.CC.CC.CC.CC.CC.CC.CC.c1ccc(C(c2ccccc2)c2ccc(-c3ccc(-c4ccc(C(c5ccccc5)c5ccccc5)cc4)cc3)cc2)cc1. The van der Waals surface area contributed by atoms with Crippen LogP contribution in [0.5, 0.6) is 0 Å². The van der Waals surface area contributed by atoms with E-state index in [0.717, 1.165) is 0 Å². The van der Waals surface area contributed by atoms with E-state index >= 15 is 0 Å². The molecule has 0 spiro atoms. The molecule has 0 aliphatic carbocycles. The van der Waals surface area contributed by atoms with Crippen molar-refractivity contribution in [3.8, 4) is 22.3 Å². The van der Waals surface area contributed by atoms with Gasteiger partial charge in [0.2, 0.25) is 0 Å². The summed E-state index contributed by atoms with van der Waals surface area (Å²) in [4.78, 5) is 0. The third-order valence-corrected chi connectivity index (χ3v) is 8.57. The van der Waals surface area contributed by atoms with E-state index < -0.39 is 0 Å². The molecule has 0 fully saturated rings. The highest BCUT2D eigenvalue weighted by Gasteiger charge is 2.18. The summed E-state index contributed by atoms with van der Waals surface area (Å²) >= 11 is 0. The standard InChI is InChI=1S/C44H34.8C2H6/c1-5-13-37(14-6-1)43(38-15-7-2-8-16-38)41-29-25-35(26-30-41)33-21-23-34(24-22-33)36-27-31-42(32-28-36)44(39-17-9-3-10-18-39)40-19-11-4-12-20-40;8*1-2/h1-32,43-44H;8*1-2H3. The normalized spacial score (nSPS) is 8.97. The summed E-state index contributed by atoms with van der Waals surface area (Å²) in [6, 6.07) is 70.2. The van der Waals surface area contributed by atoms with Gasteiger partial charge in [-0.05, 0) is 55.6 Å². The van der Waals surface area contributed by atoms with Gasteiger partial charge in [-0.2, -0.15) is 0 Å². The fourth-order valence-corrected chi connectivity index (χ4v) is 6.33. The molecule has 0 radical (unpaired) electrons. The lowest BCUT2D eigenvalue weighted by atomic mass is 9.84. The van der Waals surface area contributed by atoms with E-state index in [1.165, 1.54) is 55.6 Å². The van der Waals surface area contributed by atoms with E-state index in [1.54, 1.807) is 0 Å². The second-order valence-corrected chi connectivity index (χ2v) is 11.3. The molecule has 0 bridgehead atoms. The Kier molecular flexibility index (Phi) is 35.7. The zero-order valence-electron chi connectivity index (χ0n) is 40.6. The third kappa shape index (κ3) is 17.8. The molecular formula is C60H82. The lowest BCUT2D eigenvalue weighted by molar-refractivity contribution is 0.978. The Morgan fingerprint density at radius 1 is 0.167 bits per heavy atom. The minimum absolute atomic E-state index is 0.208. The predicted octanol–water partition coefficient (Wildman–Crippen LogP) is 19.6. The van der Waals surface area contributed by atoms with E-state index in [2.05, 4.69) is 194 Å². The molecule has 322 valence electrons. The summed E-state index contributed by atoms with van der Waals surface area (Å²) in [6.45, 7) is 32.0. The van der Waals surface area contributed by atoms with Crippen LogP contribution in [0.25, 0.3) is 22.3 Å². The molecule has 0 amide bonds. The molecule has 0 saturated heterocycles. The molecule has 0 aromatic heterocycles. The Balaban J connectivity index is 0. The van der Waals surface area contributed by atoms with E-state index in [1.807, 2.05) is 111 Å². The van der Waals surface area contributed by atoms with E-state index in [0.29, 0.717) is 0 Å². The Labute approximate surface area is 370 Å². The number of rotatable bonds is 8. The van der Waals surface area contributed by atoms with Gasteiger partial charge in [0.25, 0.3) is 0 Å². The molecule has 0 heterocycles. The second kappa shape index (κ2) is 37.8. The van der Waals surface area contributed by atoms with Crippen LogP contribution in [0.3, 0.4) is 0 Å². The number of benzene rings is 7. The highest BCUT2D eigenvalue weighted by molar-refractivity contribution is 5.71. The van der Waals surface area contributed by atoms with Crippen LogP contribution in [0, 0.1) is 0 Å². The largest absolute Gasteiger partial charge is 0.0683 e. The van der Waals surface area contributed by atoms with E-state index in [4.69, 9.17) is 0 Å². The van der Waals surface area contributed by atoms with Crippen molar-refractivity contribution in [2.45, 2.75) is 123 Å². The van der Waals surface area contributed by atoms with Gasteiger partial charge >= 0.3 is 0 Å². The van der Waals surface area contributed by atoms with Crippen molar-refractivity contribution >= 4 is 0 Å². The van der Waals surface area contributed by atoms with Gasteiger partial charge in [0.05, 0.1) is 0 Å². The van der Waals surface area contributed by atoms with E-state index in [9.17, 15) is 0 Å². The fourth-order valence-electron chi connectivity index (χ4n) is 6.33. The third-order valence-electron chi connectivity index (χ3n) is 8.57. The van der Waals surface area contributed by atoms with Crippen LogP contribution in [0.1, 0.15) is 156 Å². The van der Waals surface area contributed by atoms with Crippen molar-refractivity contribution in [1.82, 2.24) is 0 Å². The Bertz CT molecular complexity index is 1660. The zero-order valence-corrected chi connectivity index (χ0v) is 40.6. The summed E-state index contributed by atoms with van der Waals surface area (Å²) in [5.41, 5.74) is 12.7. The Morgan fingerprint density at radius 2 is 0.300 bits per heavy atom. The lowest BCUT2D eigenvalue weighted by Gasteiger charge is -2.19. The van der Waals surface area contributed by atoms with Crippen molar-refractivity contribution < 1.29 is 0 Å². The smallest absolute Gasteiger partial charge is 0.0339 e. The van der Waals surface area contributed by atoms with Gasteiger partial charge in [-0.1, -0.05) is 305 Å². The maximum absolute atomic E-state index is 2.28. The molecule has 0 unspecified atom stereocenters. The number of hydrogen-bond acceptors (Lipinski definition) is 0. The van der Waals surface area contributed by atoms with E-state index in [-0.39, 0.29) is 11.8 Å². The topological polar surface area (TPSA) is 0 Å². The van der Waals surface area contributed by atoms with Crippen LogP contribution in [-0.4, -0.2) is 0 Å². The predicted molar refractivity (Wildman–Crippen MR) is 276 cm³/mol. The Hall–Kier alpha value is -5.46. The van der Waals surface area contributed by atoms with Gasteiger partial charge in [0.1, 0.15) is 0 Å². The summed E-state index contributed by atoms with van der Waals surface area (Å²) < 4.78 is 0. The molecule has 0 aliphatic heterocycles. The van der Waals surface area contributed by atoms with Gasteiger partial charge in [-0.15, -0.1) is 0 Å². The van der Waals surface area contributed by atoms with Gasteiger partial charge < -0.3 is 0 Å². The monoisotopic (exact) mass is 803 g/mol. The lowest BCUT2D eigenvalue weighted by Crippen LogP contribution is -2.03. The molecule has 0 saturated carbocycles. The fraction of sp³-hybridized carbons (Fsp3) is 0.300. The summed E-state index contributed by atoms with van der Waals surface area (Å²) in [7, 11) is 0. The van der Waals surface area contributed by atoms with Gasteiger partial charge in [0.15, 0.2) is 0 Å². The van der Waals surface area contributed by atoms with Crippen LogP contribution in [0.2, 0.25) is 0 Å². The highest BCUT2D eigenvalue weighted by Crippen LogP contribution is 2.35. The Morgan fingerprint density at radius 3 is 0.467 bits per heavy atom. The highest BCUT2D eigenvalue weighted by atomic mass is 14.2. The molecule has 0 N–H and O–H groups in total. The van der Waals surface area contributed by atoms with Crippen molar-refractivity contribution in [3.63, 3.8) is 0 Å². The quantitative estimate of drug-likeness (QED) is 0.134. The second-order valence-electron chi connectivity index (χ2n) is 11.3. The average Bonchev–Trinajstić information content (AvgIpc) is 3.38. The van der Waals surface area contributed by atoms with Crippen LogP contribution >= 0.6 is 0 Å². The molecule has 0 nitrogen and oxygen atoms in total. The first kappa shape index (κ1) is 56.6. The molecule has 60 heavy (non-hydrogen) atoms. The van der Waals surface area contributed by atoms with Gasteiger partial charge in [0, 0.05) is 11.8 Å². The molecule has 7 rings (SSSR count). The maximum atomic E-state index is 2.28. The molecular weight excluding hydrogens is 721 g/mol. The summed E-state index contributed by atoms with van der Waals surface area (Å²) in [5, 5.41) is 0. The number of hydrogen-bond donors (Lipinski definition) is 0. The molecule has 0 atom stereocenters. The van der Waals surface area contributed by atoms with Gasteiger partial charge in [-0.3, -0.25) is 0 Å². The minimum atomic E-state index is 0.208. The van der Waals surface area contributed by atoms with Crippen LogP contribution < -0.4 is 0 Å². The molecule has 7 aromatic rings. The molecule has 0 heteroatoms. The van der Waals surface area contributed by atoms with Crippen molar-refractivity contribution in [2.75, 3.05) is 0 Å². The first-order valence-corrected chi connectivity index (χ1v) is 23.3. The van der Waals surface area contributed by atoms with Crippen LogP contribution in [0.4, 0.5) is 0 Å². The minimum Gasteiger partial charge on any atom is -0.0683 e. The molecule has 0 aliphatic rings. The van der Waals surface area contributed by atoms with Crippen molar-refractivity contribution in [2.24, 2.45) is 0 Å². The average molecular weight is 803 g/mol. The maximum Gasteiger partial charge on any atom is 0.0339 e. The van der Waals surface area contributed by atoms with Crippen LogP contribution in [0.15, 0.2) is 194 Å². The van der Waals surface area contributed by atoms with Crippen molar-refractivity contribution in [3.05, 3.63) is 228 Å². The van der Waals surface area contributed by atoms with Crippen LogP contribution in [-0.2, 0) is 0 Å². The zero-order chi connectivity index (χ0) is 45.6. The first-order valence-electron chi connectivity index (χ1n) is 23.3. The molecule has 7 aromatic carbocycles. The summed E-state index contributed by atoms with van der Waals surface area (Å²) in [5.74, 6) is 0.417. The van der Waals surface area contributed by atoms with Crippen molar-refractivity contribution in [1.29, 1.82) is 0 Å². The van der Waals surface area contributed by atoms with Gasteiger partial charge in [-0.25, -0.2) is 0 Å².